The molecule has 4 rings (SSSR count). The highest BCUT2D eigenvalue weighted by Gasteiger charge is 2.46. The zero-order valence-corrected chi connectivity index (χ0v) is 12.7. The number of rotatable bonds is 4. The van der Waals surface area contributed by atoms with Crippen molar-refractivity contribution in [3.63, 3.8) is 0 Å². The molecule has 108 valence electrons. The predicted molar refractivity (Wildman–Crippen MR) is 85.9 cm³/mol. The topological polar surface area (TPSA) is 9.23 Å². The molecule has 2 aromatic carbocycles. The molecule has 0 spiro atoms. The third-order valence-electron chi connectivity index (χ3n) is 4.78. The van der Waals surface area contributed by atoms with Crippen LogP contribution in [0.5, 0.6) is 5.75 Å². The van der Waals surface area contributed by atoms with Gasteiger partial charge in [-0.2, -0.15) is 0 Å². The Morgan fingerprint density at radius 1 is 0.905 bits per heavy atom. The van der Waals surface area contributed by atoms with Crippen molar-refractivity contribution in [3.8, 4) is 5.75 Å². The molecule has 0 heterocycles. The molecule has 2 aromatic rings. The number of benzene rings is 2. The van der Waals surface area contributed by atoms with Gasteiger partial charge in [-0.05, 0) is 66.8 Å². The summed E-state index contributed by atoms with van der Waals surface area (Å²) in [6.07, 6.45) is 5.27. The molecular weight excluding hydrogens is 280 g/mol. The highest BCUT2D eigenvalue weighted by Crippen LogP contribution is 2.52. The highest BCUT2D eigenvalue weighted by molar-refractivity contribution is 6.31. The van der Waals surface area contributed by atoms with E-state index in [1.54, 1.807) is 0 Å². The first-order valence-corrected chi connectivity index (χ1v) is 8.15. The van der Waals surface area contributed by atoms with Gasteiger partial charge in [-0.15, -0.1) is 0 Å². The first kappa shape index (κ1) is 13.2. The summed E-state index contributed by atoms with van der Waals surface area (Å²) in [4.78, 5) is 0. The minimum absolute atomic E-state index is 0.447. The third kappa shape index (κ3) is 2.94. The molecule has 2 saturated carbocycles. The monoisotopic (exact) mass is 298 g/mol. The van der Waals surface area contributed by atoms with Crippen LogP contribution in [0.2, 0.25) is 5.02 Å². The van der Waals surface area contributed by atoms with Gasteiger partial charge in [-0.25, -0.2) is 0 Å². The van der Waals surface area contributed by atoms with E-state index in [-0.39, 0.29) is 0 Å². The zero-order chi connectivity index (χ0) is 14.2. The lowest BCUT2D eigenvalue weighted by Gasteiger charge is -2.15. The molecule has 2 heteroatoms. The molecule has 0 saturated heterocycles. The Labute approximate surface area is 130 Å². The maximum atomic E-state index is 6.21. The molecule has 2 atom stereocenters. The smallest absolute Gasteiger partial charge is 0.119 e. The lowest BCUT2D eigenvalue weighted by Crippen LogP contribution is -2.13. The van der Waals surface area contributed by atoms with Gasteiger partial charge in [0.2, 0.25) is 0 Å². The molecule has 1 nitrogen and oxygen atoms in total. The number of hydrogen-bond acceptors (Lipinski definition) is 1. The Balaban J connectivity index is 1.40. The van der Waals surface area contributed by atoms with E-state index in [0.29, 0.717) is 6.10 Å². The van der Waals surface area contributed by atoms with Gasteiger partial charge >= 0.3 is 0 Å². The summed E-state index contributed by atoms with van der Waals surface area (Å²) in [5, 5.41) is 0.836. The summed E-state index contributed by atoms with van der Waals surface area (Å²) in [5.41, 5.74) is 2.44. The first-order chi connectivity index (χ1) is 10.3. The van der Waals surface area contributed by atoms with Crippen LogP contribution >= 0.6 is 11.6 Å². The van der Waals surface area contributed by atoms with E-state index in [1.165, 1.54) is 30.4 Å². The first-order valence-electron chi connectivity index (χ1n) is 7.77. The molecule has 0 bridgehead atoms. The Kier molecular flexibility index (Phi) is 3.39. The van der Waals surface area contributed by atoms with Crippen molar-refractivity contribution in [3.05, 3.63) is 64.7 Å². The van der Waals surface area contributed by atoms with Crippen LogP contribution in [0.1, 0.15) is 30.4 Å². The normalized spacial score (nSPS) is 26.4. The lowest BCUT2D eigenvalue weighted by atomic mass is 10.0. The Morgan fingerprint density at radius 3 is 2.33 bits per heavy atom. The van der Waals surface area contributed by atoms with Crippen LogP contribution in [0.4, 0.5) is 0 Å². The Morgan fingerprint density at radius 2 is 1.62 bits per heavy atom. The fraction of sp³-hybridized carbons (Fsp3) is 0.368. The number of fused-ring (bicyclic) bond motifs is 1. The van der Waals surface area contributed by atoms with Gasteiger partial charge in [0.05, 0.1) is 6.10 Å². The summed E-state index contributed by atoms with van der Waals surface area (Å²) in [6.45, 7) is 0. The van der Waals surface area contributed by atoms with Crippen molar-refractivity contribution < 1.29 is 4.74 Å². The van der Waals surface area contributed by atoms with Crippen LogP contribution in [0.3, 0.4) is 0 Å². The second kappa shape index (κ2) is 5.38. The average molecular weight is 299 g/mol. The number of halogens is 1. The third-order valence-corrected chi connectivity index (χ3v) is 5.15. The molecule has 21 heavy (non-hydrogen) atoms. The fourth-order valence-electron chi connectivity index (χ4n) is 3.50. The maximum Gasteiger partial charge on any atom is 0.119 e. The standard InChI is InChI=1S/C19H19ClO/c20-19-4-2-1-3-14(19)9-13-5-7-17(8-6-13)21-18-11-15-10-16(15)12-18/h1-8,15-16,18H,9-12H2. The van der Waals surface area contributed by atoms with Crippen molar-refractivity contribution in [1.29, 1.82) is 0 Å². The molecule has 0 radical (unpaired) electrons. The van der Waals surface area contributed by atoms with Gasteiger partial charge < -0.3 is 4.74 Å². The van der Waals surface area contributed by atoms with Crippen LogP contribution < -0.4 is 4.74 Å². The Hall–Kier alpha value is -1.47. The van der Waals surface area contributed by atoms with Crippen LogP contribution in [-0.4, -0.2) is 6.10 Å². The van der Waals surface area contributed by atoms with Crippen LogP contribution in [0, 0.1) is 11.8 Å². The quantitative estimate of drug-likeness (QED) is 0.762. The van der Waals surface area contributed by atoms with E-state index in [0.717, 1.165) is 29.0 Å². The van der Waals surface area contributed by atoms with E-state index < -0.39 is 0 Å². The molecule has 0 aromatic heterocycles. The Bertz CT molecular complexity index is 624. The molecule has 2 fully saturated rings. The summed E-state index contributed by atoms with van der Waals surface area (Å²) in [7, 11) is 0. The van der Waals surface area contributed by atoms with Crippen molar-refractivity contribution in [2.75, 3.05) is 0 Å². The largest absolute Gasteiger partial charge is 0.490 e. The zero-order valence-electron chi connectivity index (χ0n) is 12.0. The molecule has 0 N–H and O–H groups in total. The summed E-state index contributed by atoms with van der Waals surface area (Å²) in [6, 6.07) is 16.5. The minimum atomic E-state index is 0.447. The van der Waals surface area contributed by atoms with Crippen LogP contribution in [-0.2, 0) is 6.42 Å². The van der Waals surface area contributed by atoms with Gasteiger partial charge in [0.1, 0.15) is 5.75 Å². The molecule has 0 amide bonds. The average Bonchev–Trinajstić information content (AvgIpc) is 3.10. The molecule has 0 aliphatic heterocycles. The van der Waals surface area contributed by atoms with Gasteiger partial charge in [0, 0.05) is 5.02 Å². The molecule has 2 aliphatic rings. The van der Waals surface area contributed by atoms with Gasteiger partial charge in [-0.1, -0.05) is 41.9 Å². The van der Waals surface area contributed by atoms with Crippen molar-refractivity contribution in [1.82, 2.24) is 0 Å². The van der Waals surface area contributed by atoms with E-state index in [1.807, 2.05) is 18.2 Å². The highest BCUT2D eigenvalue weighted by atomic mass is 35.5. The summed E-state index contributed by atoms with van der Waals surface area (Å²) in [5.74, 6) is 2.94. The SMILES string of the molecule is Clc1ccccc1Cc1ccc(OC2CC3CC3C2)cc1. The van der Waals surface area contributed by atoms with Gasteiger partial charge in [0.15, 0.2) is 0 Å². The second-order valence-electron chi connectivity index (χ2n) is 6.38. The summed E-state index contributed by atoms with van der Waals surface area (Å²) >= 11 is 6.21. The minimum Gasteiger partial charge on any atom is -0.490 e. The van der Waals surface area contributed by atoms with E-state index in [2.05, 4.69) is 30.3 Å². The van der Waals surface area contributed by atoms with E-state index in [9.17, 15) is 0 Å². The van der Waals surface area contributed by atoms with Crippen molar-refractivity contribution >= 4 is 11.6 Å². The molecule has 2 aliphatic carbocycles. The van der Waals surface area contributed by atoms with Crippen molar-refractivity contribution in [2.45, 2.75) is 31.8 Å². The van der Waals surface area contributed by atoms with Gasteiger partial charge in [-0.3, -0.25) is 0 Å². The van der Waals surface area contributed by atoms with Crippen LogP contribution in [0.15, 0.2) is 48.5 Å². The van der Waals surface area contributed by atoms with E-state index >= 15 is 0 Å². The number of hydrogen-bond donors (Lipinski definition) is 0. The maximum absolute atomic E-state index is 6.21. The van der Waals surface area contributed by atoms with Crippen LogP contribution in [0.25, 0.3) is 0 Å². The predicted octanol–water partition coefficient (Wildman–Crippen LogP) is 5.11. The fourth-order valence-corrected chi connectivity index (χ4v) is 3.70. The summed E-state index contributed by atoms with van der Waals surface area (Å²) < 4.78 is 6.08. The van der Waals surface area contributed by atoms with Crippen molar-refractivity contribution in [2.24, 2.45) is 11.8 Å². The second-order valence-corrected chi connectivity index (χ2v) is 6.79. The number of ether oxygens (including phenoxy) is 1. The molecular formula is C19H19ClO. The van der Waals surface area contributed by atoms with Gasteiger partial charge in [0.25, 0.3) is 0 Å². The van der Waals surface area contributed by atoms with E-state index in [4.69, 9.17) is 16.3 Å². The molecule has 2 unspecified atom stereocenters. The lowest BCUT2D eigenvalue weighted by molar-refractivity contribution is 0.194.